The van der Waals surface area contributed by atoms with Gasteiger partial charge in [-0.2, -0.15) is 0 Å². The quantitative estimate of drug-likeness (QED) is 0.443. The van der Waals surface area contributed by atoms with Crippen LogP contribution in [0.25, 0.3) is 11.1 Å². The van der Waals surface area contributed by atoms with Crippen LogP contribution in [0.15, 0.2) is 53.6 Å². The van der Waals surface area contributed by atoms with Gasteiger partial charge in [0.15, 0.2) is 5.75 Å². The zero-order valence-corrected chi connectivity index (χ0v) is 17.2. The molecule has 0 bridgehead atoms. The van der Waals surface area contributed by atoms with Gasteiger partial charge in [-0.05, 0) is 37.5 Å². The summed E-state index contributed by atoms with van der Waals surface area (Å²) in [6.45, 7) is 4.01. The van der Waals surface area contributed by atoms with Crippen molar-refractivity contribution in [3.63, 3.8) is 0 Å². The number of hydrogen-bond acceptors (Lipinski definition) is 6. The number of aromatic amines is 1. The first-order valence-corrected chi connectivity index (χ1v) is 9.74. The van der Waals surface area contributed by atoms with Gasteiger partial charge in [-0.15, -0.1) is 0 Å². The van der Waals surface area contributed by atoms with Gasteiger partial charge in [0.2, 0.25) is 0 Å². The van der Waals surface area contributed by atoms with Crippen LogP contribution < -0.4 is 15.6 Å². The highest BCUT2D eigenvalue weighted by molar-refractivity contribution is 5.72. The van der Waals surface area contributed by atoms with Gasteiger partial charge in [-0.1, -0.05) is 19.1 Å². The number of hydrogen-bond donors (Lipinski definition) is 2. The number of non-ortho nitro benzene ring substituents is 1. The Kier molecular flexibility index (Phi) is 6.76. The second kappa shape index (κ2) is 9.66. The van der Waals surface area contributed by atoms with Gasteiger partial charge >= 0.3 is 6.09 Å². The third-order valence-electron chi connectivity index (χ3n) is 4.76. The first-order valence-electron chi connectivity index (χ1n) is 9.74. The molecule has 1 amide bonds. The van der Waals surface area contributed by atoms with Crippen molar-refractivity contribution in [1.82, 2.24) is 15.3 Å². The van der Waals surface area contributed by atoms with Crippen LogP contribution in [0.4, 0.5) is 10.5 Å². The molecule has 3 aromatic rings. The Morgan fingerprint density at radius 2 is 1.97 bits per heavy atom. The number of carbonyl (C=O) groups excluding carboxylic acids is 1. The molecule has 2 aromatic heterocycles. The standard InChI is InChI=1S/C22H22N4O5/c1-3-16-11-20(14(2)25-21(16)27)17-10-19(13-23-12-17)31-22(28)24-9-8-15-4-6-18(7-5-15)26(29)30/h4-7,10-13H,3,8-9H2,1-2H3,(H,24,28)(H,25,27). The number of carbonyl (C=O) groups is 1. The van der Waals surface area contributed by atoms with E-state index < -0.39 is 11.0 Å². The van der Waals surface area contributed by atoms with Crippen molar-refractivity contribution >= 4 is 11.8 Å². The van der Waals surface area contributed by atoms with Crippen LogP contribution >= 0.6 is 0 Å². The second-order valence-corrected chi connectivity index (χ2v) is 6.92. The molecule has 0 spiro atoms. The fraction of sp³-hybridized carbons (Fsp3) is 0.227. The number of ether oxygens (including phenoxy) is 1. The molecule has 0 aliphatic carbocycles. The topological polar surface area (TPSA) is 127 Å². The zero-order chi connectivity index (χ0) is 22.4. The molecule has 2 heterocycles. The number of H-pyrrole nitrogens is 1. The number of amides is 1. The van der Waals surface area contributed by atoms with Crippen LogP contribution in [-0.4, -0.2) is 27.5 Å². The lowest BCUT2D eigenvalue weighted by molar-refractivity contribution is -0.384. The molecule has 0 saturated heterocycles. The summed E-state index contributed by atoms with van der Waals surface area (Å²) in [7, 11) is 0. The molecule has 3 rings (SSSR count). The molecule has 2 N–H and O–H groups in total. The van der Waals surface area contributed by atoms with Gasteiger partial charge in [0.25, 0.3) is 11.2 Å². The number of nitro benzene ring substituents is 1. The summed E-state index contributed by atoms with van der Waals surface area (Å²) in [5.74, 6) is 0.272. The van der Waals surface area contributed by atoms with E-state index in [1.807, 2.05) is 13.0 Å². The van der Waals surface area contributed by atoms with Crippen LogP contribution in [0.1, 0.15) is 23.7 Å². The summed E-state index contributed by atoms with van der Waals surface area (Å²) >= 11 is 0. The van der Waals surface area contributed by atoms with Crippen molar-refractivity contribution in [3.8, 4) is 16.9 Å². The van der Waals surface area contributed by atoms with E-state index in [1.165, 1.54) is 18.3 Å². The minimum Gasteiger partial charge on any atom is -0.409 e. The zero-order valence-electron chi connectivity index (χ0n) is 17.2. The molecule has 0 fully saturated rings. The summed E-state index contributed by atoms with van der Waals surface area (Å²) in [4.78, 5) is 41.2. The molecule has 9 heteroatoms. The summed E-state index contributed by atoms with van der Waals surface area (Å²) < 4.78 is 5.31. The number of benzene rings is 1. The minimum atomic E-state index is -0.631. The van der Waals surface area contributed by atoms with E-state index in [0.717, 1.165) is 16.7 Å². The molecule has 160 valence electrons. The molecule has 0 unspecified atom stereocenters. The van der Waals surface area contributed by atoms with E-state index in [1.54, 1.807) is 31.3 Å². The molecule has 0 radical (unpaired) electrons. The van der Waals surface area contributed by atoms with Crippen molar-refractivity contribution < 1.29 is 14.5 Å². The van der Waals surface area contributed by atoms with E-state index in [2.05, 4.69) is 15.3 Å². The summed E-state index contributed by atoms with van der Waals surface area (Å²) in [6.07, 6.45) is 3.54. The van der Waals surface area contributed by atoms with Crippen molar-refractivity contribution in [2.24, 2.45) is 0 Å². The number of aryl methyl sites for hydroxylation is 2. The maximum absolute atomic E-state index is 12.1. The second-order valence-electron chi connectivity index (χ2n) is 6.92. The number of nitrogens with one attached hydrogen (secondary N) is 2. The highest BCUT2D eigenvalue weighted by Crippen LogP contribution is 2.25. The van der Waals surface area contributed by atoms with E-state index in [-0.39, 0.29) is 17.0 Å². The Labute approximate surface area is 178 Å². The van der Waals surface area contributed by atoms with Crippen LogP contribution in [0.5, 0.6) is 5.75 Å². The molecule has 9 nitrogen and oxygen atoms in total. The fourth-order valence-electron chi connectivity index (χ4n) is 3.09. The van der Waals surface area contributed by atoms with Gasteiger partial charge in [-0.3, -0.25) is 19.9 Å². The lowest BCUT2D eigenvalue weighted by Crippen LogP contribution is -2.28. The van der Waals surface area contributed by atoms with Gasteiger partial charge in [0.1, 0.15) is 0 Å². The maximum atomic E-state index is 12.1. The van der Waals surface area contributed by atoms with Crippen LogP contribution in [0.2, 0.25) is 0 Å². The Morgan fingerprint density at radius 3 is 2.65 bits per heavy atom. The molecule has 0 aliphatic heterocycles. The van der Waals surface area contributed by atoms with Crippen molar-refractivity contribution in [1.29, 1.82) is 0 Å². The first-order chi connectivity index (χ1) is 14.9. The molecular weight excluding hydrogens is 400 g/mol. The molecule has 0 aliphatic rings. The van der Waals surface area contributed by atoms with E-state index >= 15 is 0 Å². The normalized spacial score (nSPS) is 10.5. The monoisotopic (exact) mass is 422 g/mol. The molecule has 31 heavy (non-hydrogen) atoms. The molecule has 0 saturated carbocycles. The number of nitrogens with zero attached hydrogens (tertiary/aromatic N) is 2. The Balaban J connectivity index is 1.61. The van der Waals surface area contributed by atoms with E-state index in [0.29, 0.717) is 30.6 Å². The summed E-state index contributed by atoms with van der Waals surface area (Å²) in [5, 5.41) is 13.3. The van der Waals surface area contributed by atoms with Gasteiger partial charge in [0.05, 0.1) is 11.1 Å². The van der Waals surface area contributed by atoms with E-state index in [9.17, 15) is 19.7 Å². The molecular formula is C22H22N4O5. The van der Waals surface area contributed by atoms with Gasteiger partial charge in [-0.25, -0.2) is 4.79 Å². The lowest BCUT2D eigenvalue weighted by atomic mass is 10.0. The molecule has 1 aromatic carbocycles. The summed E-state index contributed by atoms with van der Waals surface area (Å²) in [6, 6.07) is 9.65. The van der Waals surface area contributed by atoms with Crippen LogP contribution in [0, 0.1) is 17.0 Å². The third-order valence-corrected chi connectivity index (χ3v) is 4.76. The van der Waals surface area contributed by atoms with E-state index in [4.69, 9.17) is 4.74 Å². The number of aromatic nitrogens is 2. The fourth-order valence-corrected chi connectivity index (χ4v) is 3.09. The first kappa shape index (κ1) is 21.7. The Bertz CT molecular complexity index is 1160. The van der Waals surface area contributed by atoms with Crippen LogP contribution in [-0.2, 0) is 12.8 Å². The third kappa shape index (κ3) is 5.53. The smallest absolute Gasteiger partial charge is 0.409 e. The average molecular weight is 422 g/mol. The van der Waals surface area contributed by atoms with Gasteiger partial charge < -0.3 is 15.0 Å². The number of nitro groups is 1. The summed E-state index contributed by atoms with van der Waals surface area (Å²) in [5.41, 5.74) is 3.66. The highest BCUT2D eigenvalue weighted by Gasteiger charge is 2.11. The minimum absolute atomic E-state index is 0.0206. The number of rotatable bonds is 7. The highest BCUT2D eigenvalue weighted by atomic mass is 16.6. The van der Waals surface area contributed by atoms with Crippen molar-refractivity contribution in [2.45, 2.75) is 26.7 Å². The maximum Gasteiger partial charge on any atom is 0.412 e. The largest absolute Gasteiger partial charge is 0.412 e. The lowest BCUT2D eigenvalue weighted by Gasteiger charge is -2.10. The molecule has 0 atom stereocenters. The predicted octanol–water partition coefficient (Wildman–Crippen LogP) is 3.55. The van der Waals surface area contributed by atoms with Crippen LogP contribution in [0.3, 0.4) is 0 Å². The Morgan fingerprint density at radius 1 is 1.23 bits per heavy atom. The van der Waals surface area contributed by atoms with Crippen molar-refractivity contribution in [3.05, 3.63) is 86.1 Å². The van der Waals surface area contributed by atoms with Crippen molar-refractivity contribution in [2.75, 3.05) is 6.54 Å². The predicted molar refractivity (Wildman–Crippen MR) is 115 cm³/mol. The number of pyridine rings is 2. The SMILES string of the molecule is CCc1cc(-c2cncc(OC(=O)NCCc3ccc([N+](=O)[O-])cc3)c2)c(C)[nH]c1=O. The average Bonchev–Trinajstić information content (AvgIpc) is 2.74. The Hall–Kier alpha value is -4.01. The van der Waals surface area contributed by atoms with Gasteiger partial charge in [0, 0.05) is 47.3 Å².